The lowest BCUT2D eigenvalue weighted by molar-refractivity contribution is -0.137. The van der Waals surface area contributed by atoms with Gasteiger partial charge in [-0.2, -0.15) is 0 Å². The summed E-state index contributed by atoms with van der Waals surface area (Å²) < 4.78 is 5.97. The van der Waals surface area contributed by atoms with Crippen molar-refractivity contribution in [1.29, 1.82) is 0 Å². The minimum atomic E-state index is -0.308. The molecule has 1 aromatic rings. The Labute approximate surface area is 148 Å². The van der Waals surface area contributed by atoms with E-state index in [1.807, 2.05) is 25.1 Å². The first-order valence-corrected chi connectivity index (χ1v) is 9.02. The highest BCUT2D eigenvalue weighted by Crippen LogP contribution is 2.27. The molecule has 0 aliphatic carbocycles. The number of rotatable bonds is 8. The summed E-state index contributed by atoms with van der Waals surface area (Å²) in [6.45, 7) is 13.1. The van der Waals surface area contributed by atoms with Crippen molar-refractivity contribution in [2.75, 3.05) is 24.6 Å². The molecule has 0 unspecified atom stereocenters. The molecule has 0 radical (unpaired) electrons. The molecule has 0 saturated carbocycles. The SMILES string of the molecule is CCOC(=O)/C=C/c1cc(Br)ccc1N(CC(C)C)CC(C)C. The highest BCUT2D eigenvalue weighted by Gasteiger charge is 2.14. The van der Waals surface area contributed by atoms with Gasteiger partial charge in [0, 0.05) is 29.3 Å². The minimum absolute atomic E-state index is 0.308. The van der Waals surface area contributed by atoms with E-state index in [1.54, 1.807) is 0 Å². The van der Waals surface area contributed by atoms with Crippen LogP contribution in [0.15, 0.2) is 28.7 Å². The van der Waals surface area contributed by atoms with Gasteiger partial charge in [-0.15, -0.1) is 0 Å². The van der Waals surface area contributed by atoms with Crippen LogP contribution in [0, 0.1) is 11.8 Å². The molecule has 0 spiro atoms. The summed E-state index contributed by atoms with van der Waals surface area (Å²) in [7, 11) is 0. The molecule has 0 amide bonds. The van der Waals surface area contributed by atoms with Gasteiger partial charge in [0.25, 0.3) is 0 Å². The van der Waals surface area contributed by atoms with Crippen molar-refractivity contribution in [3.05, 3.63) is 34.3 Å². The summed E-state index contributed by atoms with van der Waals surface area (Å²) in [6, 6.07) is 6.20. The number of esters is 1. The summed E-state index contributed by atoms with van der Waals surface area (Å²) in [5.41, 5.74) is 2.17. The summed E-state index contributed by atoms with van der Waals surface area (Å²) in [5.74, 6) is 0.830. The van der Waals surface area contributed by atoms with E-state index in [-0.39, 0.29) is 5.97 Å². The lowest BCUT2D eigenvalue weighted by atomic mass is 10.1. The van der Waals surface area contributed by atoms with E-state index in [2.05, 4.69) is 54.6 Å². The smallest absolute Gasteiger partial charge is 0.330 e. The fraction of sp³-hybridized carbons (Fsp3) is 0.526. The number of nitrogens with zero attached hydrogens (tertiary/aromatic N) is 1. The summed E-state index contributed by atoms with van der Waals surface area (Å²) in [5, 5.41) is 0. The molecular weight excluding hydrogens is 354 g/mol. The second-order valence-corrected chi connectivity index (χ2v) is 7.40. The number of halogens is 1. The lowest BCUT2D eigenvalue weighted by Crippen LogP contribution is -2.31. The Morgan fingerprint density at radius 2 is 1.83 bits per heavy atom. The Morgan fingerprint density at radius 3 is 2.35 bits per heavy atom. The molecule has 0 N–H and O–H groups in total. The zero-order valence-electron chi connectivity index (χ0n) is 14.8. The molecule has 4 heteroatoms. The summed E-state index contributed by atoms with van der Waals surface area (Å²) >= 11 is 3.52. The van der Waals surface area contributed by atoms with Gasteiger partial charge in [0.2, 0.25) is 0 Å². The van der Waals surface area contributed by atoms with Crippen LogP contribution >= 0.6 is 15.9 Å². The molecule has 0 bridgehead atoms. The van der Waals surface area contributed by atoms with E-state index in [1.165, 1.54) is 6.08 Å². The van der Waals surface area contributed by atoms with Gasteiger partial charge < -0.3 is 9.64 Å². The van der Waals surface area contributed by atoms with Crippen LogP contribution in [0.4, 0.5) is 5.69 Å². The van der Waals surface area contributed by atoms with E-state index in [0.29, 0.717) is 18.4 Å². The van der Waals surface area contributed by atoms with Crippen molar-refractivity contribution in [3.63, 3.8) is 0 Å². The molecule has 0 saturated heterocycles. The number of carbonyl (C=O) groups is 1. The molecule has 3 nitrogen and oxygen atoms in total. The van der Waals surface area contributed by atoms with Gasteiger partial charge in [-0.3, -0.25) is 0 Å². The van der Waals surface area contributed by atoms with Crippen LogP contribution in [0.2, 0.25) is 0 Å². The zero-order valence-corrected chi connectivity index (χ0v) is 16.4. The maximum atomic E-state index is 11.6. The van der Waals surface area contributed by atoms with E-state index in [0.717, 1.165) is 28.8 Å². The second-order valence-electron chi connectivity index (χ2n) is 6.48. The molecule has 0 fully saturated rings. The van der Waals surface area contributed by atoms with Crippen molar-refractivity contribution in [3.8, 4) is 0 Å². The molecule has 0 aliphatic heterocycles. The van der Waals surface area contributed by atoms with Crippen LogP contribution in [-0.2, 0) is 9.53 Å². The third-order valence-corrected chi connectivity index (χ3v) is 3.68. The van der Waals surface area contributed by atoms with Gasteiger partial charge in [-0.25, -0.2) is 4.79 Å². The fourth-order valence-electron chi connectivity index (χ4n) is 2.45. The van der Waals surface area contributed by atoms with Gasteiger partial charge in [0.05, 0.1) is 6.61 Å². The second kappa shape index (κ2) is 9.76. The van der Waals surface area contributed by atoms with Crippen LogP contribution < -0.4 is 4.90 Å². The molecular formula is C19H28BrNO2. The van der Waals surface area contributed by atoms with Crippen LogP contribution in [0.1, 0.15) is 40.2 Å². The Morgan fingerprint density at radius 1 is 1.22 bits per heavy atom. The van der Waals surface area contributed by atoms with Crippen LogP contribution in [-0.4, -0.2) is 25.7 Å². The van der Waals surface area contributed by atoms with Gasteiger partial charge >= 0.3 is 5.97 Å². The van der Waals surface area contributed by atoms with Gasteiger partial charge in [-0.1, -0.05) is 43.6 Å². The normalized spacial score (nSPS) is 11.5. The molecule has 0 heterocycles. The molecule has 0 atom stereocenters. The van der Waals surface area contributed by atoms with Crippen LogP contribution in [0.25, 0.3) is 6.08 Å². The van der Waals surface area contributed by atoms with Crippen molar-refractivity contribution in [2.45, 2.75) is 34.6 Å². The third kappa shape index (κ3) is 7.21. The molecule has 23 heavy (non-hydrogen) atoms. The number of ether oxygens (including phenoxy) is 1. The van der Waals surface area contributed by atoms with Crippen molar-refractivity contribution in [2.24, 2.45) is 11.8 Å². The van der Waals surface area contributed by atoms with Crippen LogP contribution in [0.3, 0.4) is 0 Å². The van der Waals surface area contributed by atoms with E-state index < -0.39 is 0 Å². The Balaban J connectivity index is 3.13. The number of anilines is 1. The quantitative estimate of drug-likeness (QED) is 0.460. The largest absolute Gasteiger partial charge is 0.463 e. The third-order valence-electron chi connectivity index (χ3n) is 3.19. The average Bonchev–Trinajstić information content (AvgIpc) is 2.44. The molecule has 1 aromatic carbocycles. The minimum Gasteiger partial charge on any atom is -0.463 e. The highest BCUT2D eigenvalue weighted by atomic mass is 79.9. The first-order valence-electron chi connectivity index (χ1n) is 8.22. The fourth-order valence-corrected chi connectivity index (χ4v) is 2.83. The molecule has 0 aromatic heterocycles. The number of hydrogen-bond donors (Lipinski definition) is 0. The van der Waals surface area contributed by atoms with Crippen LogP contribution in [0.5, 0.6) is 0 Å². The van der Waals surface area contributed by atoms with Gasteiger partial charge in [0.15, 0.2) is 0 Å². The molecule has 0 aliphatic rings. The van der Waals surface area contributed by atoms with Gasteiger partial charge in [0.1, 0.15) is 0 Å². The zero-order chi connectivity index (χ0) is 17.4. The predicted octanol–water partition coefficient (Wildman–Crippen LogP) is 5.14. The molecule has 128 valence electrons. The number of hydrogen-bond acceptors (Lipinski definition) is 3. The lowest BCUT2D eigenvalue weighted by Gasteiger charge is -2.30. The Kier molecular flexibility index (Phi) is 8.38. The first kappa shape index (κ1) is 19.8. The maximum Gasteiger partial charge on any atom is 0.330 e. The van der Waals surface area contributed by atoms with E-state index >= 15 is 0 Å². The summed E-state index contributed by atoms with van der Waals surface area (Å²) in [6.07, 6.45) is 3.34. The van der Waals surface area contributed by atoms with Crippen molar-refractivity contribution >= 4 is 33.7 Å². The van der Waals surface area contributed by atoms with Gasteiger partial charge in [-0.05, 0) is 48.6 Å². The number of benzene rings is 1. The maximum absolute atomic E-state index is 11.6. The van der Waals surface area contributed by atoms with E-state index in [4.69, 9.17) is 4.74 Å². The van der Waals surface area contributed by atoms with Crippen molar-refractivity contribution in [1.82, 2.24) is 0 Å². The standard InChI is InChI=1S/C19H28BrNO2/c1-6-23-19(22)10-7-16-11-17(20)8-9-18(16)21(12-14(2)3)13-15(4)5/h7-11,14-15H,6,12-13H2,1-5H3/b10-7+. The van der Waals surface area contributed by atoms with E-state index in [9.17, 15) is 4.79 Å². The number of carbonyl (C=O) groups excluding carboxylic acids is 1. The average molecular weight is 382 g/mol. The molecule has 1 rings (SSSR count). The Hall–Kier alpha value is -1.29. The highest BCUT2D eigenvalue weighted by molar-refractivity contribution is 9.10. The predicted molar refractivity (Wildman–Crippen MR) is 102 cm³/mol. The topological polar surface area (TPSA) is 29.5 Å². The summed E-state index contributed by atoms with van der Waals surface area (Å²) in [4.78, 5) is 14.0. The first-order chi connectivity index (χ1) is 10.8. The monoisotopic (exact) mass is 381 g/mol. The van der Waals surface area contributed by atoms with Crippen molar-refractivity contribution < 1.29 is 9.53 Å². The Bertz CT molecular complexity index is 528.